The number of ether oxygens (including phenoxy) is 1. The molecule has 0 saturated carbocycles. The van der Waals surface area contributed by atoms with Crippen molar-refractivity contribution in [1.29, 1.82) is 0 Å². The van der Waals surface area contributed by atoms with Gasteiger partial charge in [0.25, 0.3) is 5.91 Å². The van der Waals surface area contributed by atoms with E-state index in [1.807, 2.05) is 54.6 Å². The van der Waals surface area contributed by atoms with Gasteiger partial charge in [0.1, 0.15) is 17.5 Å². The Bertz CT molecular complexity index is 734. The molecule has 24 heavy (non-hydrogen) atoms. The number of rotatable bonds is 5. The molecule has 1 N–H and O–H groups in total. The normalized spacial score (nSPS) is 17.5. The molecule has 5 nitrogen and oxygen atoms in total. The van der Waals surface area contributed by atoms with Gasteiger partial charge >= 0.3 is 0 Å². The molecule has 2 aromatic carbocycles. The molecule has 1 unspecified atom stereocenters. The molecular formula is C18H18N2O3S. The van der Waals surface area contributed by atoms with Crippen LogP contribution >= 0.6 is 12.2 Å². The Morgan fingerprint density at radius 3 is 2.33 bits per heavy atom. The number of carbonyl (C=O) groups excluding carboxylic acids is 1. The minimum Gasteiger partial charge on any atom is -0.457 e. The largest absolute Gasteiger partial charge is 0.457 e. The van der Waals surface area contributed by atoms with Crippen LogP contribution < -0.4 is 9.64 Å². The van der Waals surface area contributed by atoms with Gasteiger partial charge in [-0.2, -0.15) is 0 Å². The van der Waals surface area contributed by atoms with Crippen LogP contribution in [0.2, 0.25) is 0 Å². The van der Waals surface area contributed by atoms with Gasteiger partial charge in [0.15, 0.2) is 5.11 Å². The summed E-state index contributed by atoms with van der Waals surface area (Å²) in [6.45, 7) is 1.91. The Morgan fingerprint density at radius 1 is 1.08 bits per heavy atom. The molecule has 1 amide bonds. The number of benzene rings is 2. The Balaban J connectivity index is 1.78. The second-order valence-corrected chi connectivity index (χ2v) is 5.82. The van der Waals surface area contributed by atoms with Crippen molar-refractivity contribution >= 4 is 28.9 Å². The van der Waals surface area contributed by atoms with Gasteiger partial charge in [0.05, 0.1) is 13.2 Å². The lowest BCUT2D eigenvalue weighted by Gasteiger charge is -2.22. The maximum Gasteiger partial charge on any atom is 0.251 e. The maximum atomic E-state index is 12.3. The number of aliphatic hydroxyl groups excluding tert-OH is 1. The molecule has 6 heteroatoms. The van der Waals surface area contributed by atoms with Gasteiger partial charge in [0.2, 0.25) is 0 Å². The number of hydrogen-bond donors (Lipinski definition) is 1. The molecular weight excluding hydrogens is 324 g/mol. The zero-order valence-electron chi connectivity index (χ0n) is 13.3. The van der Waals surface area contributed by atoms with Gasteiger partial charge in [-0.3, -0.25) is 9.69 Å². The number of aliphatic hydroxyl groups is 1. The summed E-state index contributed by atoms with van der Waals surface area (Å²) in [5, 5.41) is 9.51. The van der Waals surface area contributed by atoms with E-state index >= 15 is 0 Å². The molecule has 124 valence electrons. The van der Waals surface area contributed by atoms with Gasteiger partial charge in [-0.25, -0.2) is 0 Å². The van der Waals surface area contributed by atoms with Crippen molar-refractivity contribution in [2.45, 2.75) is 13.0 Å². The number of nitrogens with zero attached hydrogens (tertiary/aromatic N) is 2. The highest BCUT2D eigenvalue weighted by atomic mass is 32.1. The molecule has 0 aromatic heterocycles. The summed E-state index contributed by atoms with van der Waals surface area (Å²) < 4.78 is 5.77. The lowest BCUT2D eigenvalue weighted by molar-refractivity contribution is -0.126. The molecule has 1 aliphatic rings. The van der Waals surface area contributed by atoms with Crippen molar-refractivity contribution in [2.75, 3.05) is 18.1 Å². The molecule has 1 aliphatic heterocycles. The lowest BCUT2D eigenvalue weighted by atomic mass is 10.2. The molecule has 0 bridgehead atoms. The number of thiocarbonyl (C=S) groups is 1. The predicted molar refractivity (Wildman–Crippen MR) is 96.3 cm³/mol. The Labute approximate surface area is 146 Å². The molecule has 1 atom stereocenters. The summed E-state index contributed by atoms with van der Waals surface area (Å²) in [6.07, 6.45) is 0. The van der Waals surface area contributed by atoms with Crippen molar-refractivity contribution < 1.29 is 14.6 Å². The highest BCUT2D eigenvalue weighted by Crippen LogP contribution is 2.29. The average Bonchev–Trinajstić information content (AvgIpc) is 2.81. The van der Waals surface area contributed by atoms with E-state index in [4.69, 9.17) is 22.1 Å². The predicted octanol–water partition coefficient (Wildman–Crippen LogP) is 2.79. The second kappa shape index (κ2) is 6.98. The maximum absolute atomic E-state index is 12.3. The summed E-state index contributed by atoms with van der Waals surface area (Å²) in [5.74, 6) is 1.37. The average molecular weight is 342 g/mol. The van der Waals surface area contributed by atoms with Crippen molar-refractivity contribution in [3.8, 4) is 11.5 Å². The zero-order valence-corrected chi connectivity index (χ0v) is 14.1. The Hall–Kier alpha value is -2.44. The molecule has 1 saturated heterocycles. The molecule has 3 rings (SSSR count). The molecule has 0 aliphatic carbocycles. The van der Waals surface area contributed by atoms with Crippen LogP contribution in [0.4, 0.5) is 5.69 Å². The van der Waals surface area contributed by atoms with Crippen LogP contribution in [0.5, 0.6) is 11.5 Å². The van der Waals surface area contributed by atoms with Crippen LogP contribution in [0.1, 0.15) is 6.92 Å². The topological polar surface area (TPSA) is 53.0 Å². The fourth-order valence-electron chi connectivity index (χ4n) is 2.67. The van der Waals surface area contributed by atoms with Crippen LogP contribution in [0.15, 0.2) is 54.6 Å². The number of amides is 1. The van der Waals surface area contributed by atoms with E-state index in [2.05, 4.69) is 0 Å². The van der Waals surface area contributed by atoms with Crippen LogP contribution in [0.3, 0.4) is 0 Å². The molecule has 1 fully saturated rings. The smallest absolute Gasteiger partial charge is 0.251 e. The Kier molecular flexibility index (Phi) is 4.78. The van der Waals surface area contributed by atoms with Gasteiger partial charge in [-0.05, 0) is 55.5 Å². The van der Waals surface area contributed by atoms with E-state index < -0.39 is 0 Å². The summed E-state index contributed by atoms with van der Waals surface area (Å²) in [5.41, 5.74) is 0.821. The van der Waals surface area contributed by atoms with Crippen LogP contribution in [-0.2, 0) is 4.79 Å². The number of hydrogen-bond acceptors (Lipinski definition) is 4. The van der Waals surface area contributed by atoms with Gasteiger partial charge in [0, 0.05) is 5.69 Å². The fraction of sp³-hybridized carbons (Fsp3) is 0.222. The van der Waals surface area contributed by atoms with E-state index in [1.54, 1.807) is 11.8 Å². The standard InChI is InChI=1S/C18H18N2O3S/c1-13-17(22)19(11-12-21)18(24)20(13)14-7-9-16(10-8-14)23-15-5-3-2-4-6-15/h2-10,13,21H,11-12H2,1H3. The minimum atomic E-state index is -0.384. The monoisotopic (exact) mass is 342 g/mol. The third kappa shape index (κ3) is 3.11. The lowest BCUT2D eigenvalue weighted by Crippen LogP contribution is -2.35. The summed E-state index contributed by atoms with van der Waals surface area (Å²) in [4.78, 5) is 15.5. The summed E-state index contributed by atoms with van der Waals surface area (Å²) in [7, 11) is 0. The van der Waals surface area contributed by atoms with Gasteiger partial charge in [-0.1, -0.05) is 18.2 Å². The van der Waals surface area contributed by atoms with Crippen molar-refractivity contribution in [2.24, 2.45) is 0 Å². The highest BCUT2D eigenvalue weighted by molar-refractivity contribution is 7.80. The first-order valence-corrected chi connectivity index (χ1v) is 8.11. The number of para-hydroxylation sites is 1. The summed E-state index contributed by atoms with van der Waals surface area (Å²) >= 11 is 5.39. The molecule has 2 aromatic rings. The Morgan fingerprint density at radius 2 is 1.71 bits per heavy atom. The van der Waals surface area contributed by atoms with E-state index in [1.165, 1.54) is 4.90 Å². The van der Waals surface area contributed by atoms with E-state index in [0.717, 1.165) is 11.4 Å². The third-order valence-corrected chi connectivity index (χ3v) is 4.28. The van der Waals surface area contributed by atoms with Gasteiger partial charge < -0.3 is 14.7 Å². The first-order valence-electron chi connectivity index (χ1n) is 7.70. The third-order valence-electron chi connectivity index (χ3n) is 3.87. The van der Waals surface area contributed by atoms with E-state index in [9.17, 15) is 4.79 Å². The van der Waals surface area contributed by atoms with Gasteiger partial charge in [-0.15, -0.1) is 0 Å². The first-order chi connectivity index (χ1) is 11.6. The van der Waals surface area contributed by atoms with Crippen LogP contribution in [0, 0.1) is 0 Å². The highest BCUT2D eigenvalue weighted by Gasteiger charge is 2.39. The molecule has 1 heterocycles. The van der Waals surface area contributed by atoms with E-state index in [-0.39, 0.29) is 25.1 Å². The quantitative estimate of drug-likeness (QED) is 0.847. The number of β-amino-alcohol motifs (C(OH)–C–C–N with tert-alkyl or cyclic N) is 1. The second-order valence-electron chi connectivity index (χ2n) is 5.45. The number of carbonyl (C=O) groups is 1. The SMILES string of the molecule is CC1C(=O)N(CCO)C(=S)N1c1ccc(Oc2ccccc2)cc1. The van der Waals surface area contributed by atoms with Crippen LogP contribution in [0.25, 0.3) is 0 Å². The van der Waals surface area contributed by atoms with E-state index in [0.29, 0.717) is 10.9 Å². The van der Waals surface area contributed by atoms with Crippen molar-refractivity contribution in [3.05, 3.63) is 54.6 Å². The molecule has 0 spiro atoms. The summed E-state index contributed by atoms with van der Waals surface area (Å²) in [6, 6.07) is 16.6. The van der Waals surface area contributed by atoms with Crippen molar-refractivity contribution in [3.63, 3.8) is 0 Å². The zero-order chi connectivity index (χ0) is 17.1. The van der Waals surface area contributed by atoms with Crippen LogP contribution in [-0.4, -0.2) is 40.2 Å². The molecule has 0 radical (unpaired) electrons. The fourth-order valence-corrected chi connectivity index (χ4v) is 3.11. The minimum absolute atomic E-state index is 0.0985. The van der Waals surface area contributed by atoms with Crippen molar-refractivity contribution in [1.82, 2.24) is 4.90 Å². The number of anilines is 1. The first kappa shape index (κ1) is 16.4.